The molecule has 0 saturated carbocycles. The number of fused-ring (bicyclic) bond motifs is 4. The monoisotopic (exact) mass is 498 g/mol. The van der Waals surface area contributed by atoms with E-state index in [1.807, 2.05) is 0 Å². The maximum Gasteiger partial charge on any atom is 0.177 e. The zero-order chi connectivity index (χ0) is 18.5. The van der Waals surface area contributed by atoms with Gasteiger partial charge in [-0.05, 0) is 71.2 Å². The zero-order valence-corrected chi connectivity index (χ0v) is 18.7. The van der Waals surface area contributed by atoms with E-state index in [-0.39, 0.29) is 12.4 Å². The second-order valence-electron chi connectivity index (χ2n) is 7.24. The molecule has 0 aliphatic carbocycles. The van der Waals surface area contributed by atoms with E-state index in [2.05, 4.69) is 113 Å². The van der Waals surface area contributed by atoms with Crippen molar-refractivity contribution >= 4 is 55.2 Å². The highest BCUT2D eigenvalue weighted by Crippen LogP contribution is 2.35. The number of aromatic amines is 1. The van der Waals surface area contributed by atoms with Gasteiger partial charge < -0.3 is 17.4 Å². The van der Waals surface area contributed by atoms with Gasteiger partial charge in [-0.25, -0.2) is 4.57 Å². The summed E-state index contributed by atoms with van der Waals surface area (Å²) in [6, 6.07) is 19.6. The largest absolute Gasteiger partial charge is 1.00 e. The van der Waals surface area contributed by atoms with Gasteiger partial charge in [0.25, 0.3) is 0 Å². The van der Waals surface area contributed by atoms with E-state index in [0.717, 1.165) is 6.54 Å². The van der Waals surface area contributed by atoms with Crippen LogP contribution >= 0.6 is 22.6 Å². The molecule has 2 aromatic heterocycles. The number of pyridine rings is 1. The van der Waals surface area contributed by atoms with Crippen molar-refractivity contribution in [2.45, 2.75) is 20.4 Å². The smallest absolute Gasteiger partial charge is 0.177 e. The maximum absolute atomic E-state index is 3.63. The highest BCUT2D eigenvalue weighted by molar-refractivity contribution is 14.1. The van der Waals surface area contributed by atoms with Gasteiger partial charge in [-0.3, -0.25) is 0 Å². The number of para-hydroxylation sites is 1. The molecule has 2 nitrogen and oxygen atoms in total. The SMILES string of the molecule is Cc1c2cc[n+](Cc3ccc(I)cc3)cc2c(C)c2c1[nH]c1ccccc12.[Cl-]. The number of halogens is 2. The summed E-state index contributed by atoms with van der Waals surface area (Å²) in [6.07, 6.45) is 4.50. The van der Waals surface area contributed by atoms with Gasteiger partial charge in [0, 0.05) is 36.9 Å². The Balaban J connectivity index is 0.00000192. The number of hydrogen-bond donors (Lipinski definition) is 1. The second kappa shape index (κ2) is 7.37. The first-order valence-corrected chi connectivity index (χ1v) is 10.3. The summed E-state index contributed by atoms with van der Waals surface area (Å²) in [5.74, 6) is 0. The molecule has 3 aromatic carbocycles. The molecule has 0 atom stereocenters. The molecule has 4 heteroatoms. The molecule has 0 spiro atoms. The van der Waals surface area contributed by atoms with Gasteiger partial charge in [0.05, 0.1) is 5.52 Å². The fraction of sp³-hybridized carbons (Fsp3) is 0.125. The van der Waals surface area contributed by atoms with Gasteiger partial charge in [0.2, 0.25) is 0 Å². The highest BCUT2D eigenvalue weighted by Gasteiger charge is 2.16. The summed E-state index contributed by atoms with van der Waals surface area (Å²) in [6.45, 7) is 5.36. The van der Waals surface area contributed by atoms with Crippen molar-refractivity contribution in [3.05, 3.63) is 87.3 Å². The number of H-pyrrole nitrogens is 1. The minimum atomic E-state index is 0. The quantitative estimate of drug-likeness (QED) is 0.285. The van der Waals surface area contributed by atoms with Crippen molar-refractivity contribution in [1.82, 2.24) is 4.98 Å². The van der Waals surface area contributed by atoms with Crippen molar-refractivity contribution < 1.29 is 17.0 Å². The van der Waals surface area contributed by atoms with Crippen LogP contribution < -0.4 is 17.0 Å². The van der Waals surface area contributed by atoms with Crippen molar-refractivity contribution in [2.75, 3.05) is 0 Å². The Hall–Kier alpha value is -2.11. The maximum atomic E-state index is 3.63. The van der Waals surface area contributed by atoms with Crippen molar-refractivity contribution in [1.29, 1.82) is 0 Å². The lowest BCUT2D eigenvalue weighted by Crippen LogP contribution is -3.00. The van der Waals surface area contributed by atoms with Crippen LogP contribution in [0, 0.1) is 17.4 Å². The Morgan fingerprint density at radius 3 is 2.39 bits per heavy atom. The number of benzene rings is 3. The number of rotatable bonds is 2. The topological polar surface area (TPSA) is 19.7 Å². The van der Waals surface area contributed by atoms with Crippen molar-refractivity contribution in [2.24, 2.45) is 0 Å². The van der Waals surface area contributed by atoms with E-state index in [1.165, 1.54) is 52.8 Å². The summed E-state index contributed by atoms with van der Waals surface area (Å²) in [5, 5.41) is 5.31. The number of nitrogens with one attached hydrogen (secondary N) is 1. The molecular formula is C24H20ClIN2. The normalized spacial score (nSPS) is 11.2. The first-order valence-electron chi connectivity index (χ1n) is 9.18. The summed E-state index contributed by atoms with van der Waals surface area (Å²) < 4.78 is 3.56. The van der Waals surface area contributed by atoms with E-state index < -0.39 is 0 Å². The summed E-state index contributed by atoms with van der Waals surface area (Å²) in [5.41, 5.74) is 6.46. The van der Waals surface area contributed by atoms with E-state index in [9.17, 15) is 0 Å². The molecule has 5 rings (SSSR count). The van der Waals surface area contributed by atoms with Gasteiger partial charge in [-0.15, -0.1) is 0 Å². The Bertz CT molecular complexity index is 1320. The first kappa shape index (κ1) is 19.2. The van der Waals surface area contributed by atoms with Crippen LogP contribution in [0.3, 0.4) is 0 Å². The third-order valence-electron chi connectivity index (χ3n) is 5.56. The van der Waals surface area contributed by atoms with E-state index in [4.69, 9.17) is 0 Å². The fourth-order valence-corrected chi connectivity index (χ4v) is 4.50. The van der Waals surface area contributed by atoms with E-state index >= 15 is 0 Å². The fourth-order valence-electron chi connectivity index (χ4n) is 4.15. The molecule has 0 radical (unpaired) electrons. The van der Waals surface area contributed by atoms with E-state index in [1.54, 1.807) is 0 Å². The van der Waals surface area contributed by atoms with Crippen LogP contribution in [0.2, 0.25) is 0 Å². The summed E-state index contributed by atoms with van der Waals surface area (Å²) in [4.78, 5) is 3.63. The van der Waals surface area contributed by atoms with Crippen LogP contribution in [-0.2, 0) is 6.54 Å². The average molecular weight is 499 g/mol. The number of aromatic nitrogens is 2. The Labute approximate surface area is 184 Å². The zero-order valence-electron chi connectivity index (χ0n) is 15.8. The predicted octanol–water partition coefficient (Wildman–Crippen LogP) is 3.04. The van der Waals surface area contributed by atoms with Crippen LogP contribution in [0.1, 0.15) is 16.7 Å². The molecule has 2 heterocycles. The van der Waals surface area contributed by atoms with Crippen molar-refractivity contribution in [3.63, 3.8) is 0 Å². The molecule has 5 aromatic rings. The van der Waals surface area contributed by atoms with Crippen LogP contribution in [-0.4, -0.2) is 4.98 Å². The van der Waals surface area contributed by atoms with Crippen molar-refractivity contribution in [3.8, 4) is 0 Å². The number of hydrogen-bond acceptors (Lipinski definition) is 0. The van der Waals surface area contributed by atoms with E-state index in [0.29, 0.717) is 0 Å². The molecule has 0 fully saturated rings. The van der Waals surface area contributed by atoms with Crippen LogP contribution in [0.15, 0.2) is 67.0 Å². The van der Waals surface area contributed by atoms with Crippen LogP contribution in [0.5, 0.6) is 0 Å². The van der Waals surface area contributed by atoms with Crippen LogP contribution in [0.25, 0.3) is 32.6 Å². The number of aryl methyl sites for hydroxylation is 2. The third-order valence-corrected chi connectivity index (χ3v) is 6.28. The minimum Gasteiger partial charge on any atom is -1.00 e. The third kappa shape index (κ3) is 3.07. The van der Waals surface area contributed by atoms with Gasteiger partial charge >= 0.3 is 0 Å². The van der Waals surface area contributed by atoms with Gasteiger partial charge in [0.1, 0.15) is 0 Å². The first-order chi connectivity index (χ1) is 13.1. The molecule has 0 amide bonds. The molecular weight excluding hydrogens is 479 g/mol. The Morgan fingerprint density at radius 1 is 0.857 bits per heavy atom. The molecule has 28 heavy (non-hydrogen) atoms. The average Bonchev–Trinajstić information content (AvgIpc) is 3.08. The lowest BCUT2D eigenvalue weighted by atomic mass is 9.97. The molecule has 140 valence electrons. The molecule has 0 saturated heterocycles. The molecule has 0 aliphatic rings. The molecule has 0 aliphatic heterocycles. The lowest BCUT2D eigenvalue weighted by Gasteiger charge is -2.08. The highest BCUT2D eigenvalue weighted by atomic mass is 127. The predicted molar refractivity (Wildman–Crippen MR) is 121 cm³/mol. The summed E-state index contributed by atoms with van der Waals surface area (Å²) >= 11 is 2.35. The Morgan fingerprint density at radius 2 is 1.61 bits per heavy atom. The lowest BCUT2D eigenvalue weighted by molar-refractivity contribution is -0.687. The second-order valence-corrected chi connectivity index (χ2v) is 8.49. The summed E-state index contributed by atoms with van der Waals surface area (Å²) in [7, 11) is 0. The molecule has 0 unspecified atom stereocenters. The molecule has 0 bridgehead atoms. The van der Waals surface area contributed by atoms with Gasteiger partial charge in [-0.2, -0.15) is 0 Å². The Kier molecular flexibility index (Phi) is 5.06. The van der Waals surface area contributed by atoms with Crippen LogP contribution in [0.4, 0.5) is 0 Å². The minimum absolute atomic E-state index is 0. The standard InChI is InChI=1S/C24H19IN2.ClH/c1-15-21-14-27(13-17-7-9-18(25)10-8-17)12-11-19(21)16(2)24-23(15)20-5-3-4-6-22(20)26-24;/h3-12,14H,13H2,1-2H3;1H. The molecule has 1 N–H and O–H groups in total. The van der Waals surface area contributed by atoms with Gasteiger partial charge in [-0.1, -0.05) is 30.3 Å². The number of nitrogens with zero attached hydrogens (tertiary/aromatic N) is 1. The van der Waals surface area contributed by atoms with Gasteiger partial charge in [0.15, 0.2) is 18.9 Å².